The fraction of sp³-hybridized carbons (Fsp3) is 0.357. The van der Waals surface area contributed by atoms with Gasteiger partial charge < -0.3 is 5.11 Å². The molecule has 0 spiro atoms. The normalized spacial score (nSPS) is 11.1. The minimum Gasteiger partial charge on any atom is -0.476 e. The Kier molecular flexibility index (Phi) is 4.30. The Morgan fingerprint density at radius 3 is 2.67 bits per heavy atom. The molecule has 2 rings (SSSR count). The maximum atomic E-state index is 13.7. The van der Waals surface area contributed by atoms with Crippen molar-refractivity contribution in [2.45, 2.75) is 26.8 Å². The number of halogens is 2. The zero-order valence-corrected chi connectivity index (χ0v) is 11.7. The first-order valence-corrected chi connectivity index (χ1v) is 6.48. The molecular weight excluding hydrogens is 280 g/mol. The van der Waals surface area contributed by atoms with Gasteiger partial charge in [-0.2, -0.15) is 0 Å². The number of aromatic carboxylic acids is 1. The van der Waals surface area contributed by atoms with Crippen LogP contribution in [0.2, 0.25) is 0 Å². The summed E-state index contributed by atoms with van der Waals surface area (Å²) in [6.45, 7) is 3.87. The average Bonchev–Trinajstić information content (AvgIpc) is 2.75. The summed E-state index contributed by atoms with van der Waals surface area (Å²) in [6, 6.07) is 3.24. The highest BCUT2D eigenvalue weighted by Crippen LogP contribution is 2.16. The van der Waals surface area contributed by atoms with E-state index in [2.05, 4.69) is 10.3 Å². The number of hydrogen-bond acceptors (Lipinski definition) is 3. The van der Waals surface area contributed by atoms with Gasteiger partial charge in [-0.1, -0.05) is 25.1 Å². The van der Waals surface area contributed by atoms with E-state index >= 15 is 0 Å². The van der Waals surface area contributed by atoms with Crippen LogP contribution in [0.3, 0.4) is 0 Å². The second kappa shape index (κ2) is 5.99. The third-order valence-corrected chi connectivity index (χ3v) is 2.98. The van der Waals surface area contributed by atoms with E-state index in [-0.39, 0.29) is 23.7 Å². The lowest BCUT2D eigenvalue weighted by molar-refractivity contribution is 0.0689. The first-order valence-electron chi connectivity index (χ1n) is 6.48. The smallest absolute Gasteiger partial charge is 0.358 e. The van der Waals surface area contributed by atoms with Crippen molar-refractivity contribution in [2.24, 2.45) is 5.92 Å². The van der Waals surface area contributed by atoms with Crippen LogP contribution in [0.1, 0.15) is 35.6 Å². The lowest BCUT2D eigenvalue weighted by atomic mass is 10.1. The molecule has 1 N–H and O–H groups in total. The number of aromatic nitrogens is 3. The lowest BCUT2D eigenvalue weighted by Crippen LogP contribution is -2.12. The summed E-state index contributed by atoms with van der Waals surface area (Å²) in [7, 11) is 0. The van der Waals surface area contributed by atoms with Gasteiger partial charge in [0.15, 0.2) is 5.69 Å². The van der Waals surface area contributed by atoms with Gasteiger partial charge >= 0.3 is 5.97 Å². The molecular formula is C14H15F2N3O2. The number of nitrogens with zero attached hydrogens (tertiary/aromatic N) is 3. The quantitative estimate of drug-likeness (QED) is 0.920. The van der Waals surface area contributed by atoms with Crippen LogP contribution in [0, 0.1) is 17.6 Å². The third kappa shape index (κ3) is 3.42. The number of carboxylic acids is 1. The van der Waals surface area contributed by atoms with E-state index in [1.807, 2.05) is 13.8 Å². The summed E-state index contributed by atoms with van der Waals surface area (Å²) in [5.41, 5.74) is 0.524. The van der Waals surface area contributed by atoms with Crippen LogP contribution in [0.5, 0.6) is 0 Å². The highest BCUT2D eigenvalue weighted by atomic mass is 19.1. The molecule has 0 fully saturated rings. The largest absolute Gasteiger partial charge is 0.476 e. The van der Waals surface area contributed by atoms with Gasteiger partial charge in [0.25, 0.3) is 0 Å². The van der Waals surface area contributed by atoms with Gasteiger partial charge in [-0.05, 0) is 18.4 Å². The van der Waals surface area contributed by atoms with E-state index in [1.165, 1.54) is 10.7 Å². The monoisotopic (exact) mass is 295 g/mol. The fourth-order valence-corrected chi connectivity index (χ4v) is 2.03. The van der Waals surface area contributed by atoms with Crippen LogP contribution < -0.4 is 0 Å². The maximum Gasteiger partial charge on any atom is 0.358 e. The van der Waals surface area contributed by atoms with Crippen LogP contribution in [-0.4, -0.2) is 26.1 Å². The third-order valence-electron chi connectivity index (χ3n) is 2.98. The molecule has 0 amide bonds. The van der Waals surface area contributed by atoms with E-state index in [1.54, 1.807) is 0 Å². The number of benzene rings is 1. The molecule has 2 aromatic rings. The number of carboxylic acid groups (broad SMARTS) is 1. The predicted molar refractivity (Wildman–Crippen MR) is 71.0 cm³/mol. The van der Waals surface area contributed by atoms with Gasteiger partial charge in [0.2, 0.25) is 0 Å². The highest BCUT2D eigenvalue weighted by Gasteiger charge is 2.20. The fourth-order valence-electron chi connectivity index (χ4n) is 2.03. The van der Waals surface area contributed by atoms with Crippen LogP contribution in [0.4, 0.5) is 8.78 Å². The van der Waals surface area contributed by atoms with Crippen molar-refractivity contribution < 1.29 is 18.7 Å². The molecule has 112 valence electrons. The summed E-state index contributed by atoms with van der Waals surface area (Å²) in [5.74, 6) is -2.34. The van der Waals surface area contributed by atoms with E-state index in [0.29, 0.717) is 12.1 Å². The molecule has 1 aromatic carbocycles. The molecule has 0 aliphatic rings. The lowest BCUT2D eigenvalue weighted by Gasteiger charge is -2.10. The summed E-state index contributed by atoms with van der Waals surface area (Å²) >= 11 is 0. The second-order valence-corrected chi connectivity index (χ2v) is 5.18. The van der Waals surface area contributed by atoms with E-state index in [9.17, 15) is 13.6 Å². The first kappa shape index (κ1) is 15.1. The SMILES string of the molecule is CC(C)Cc1c(C(=O)O)nnn1Cc1ccc(F)cc1F. The number of rotatable bonds is 5. The van der Waals surface area contributed by atoms with E-state index in [4.69, 9.17) is 5.11 Å². The zero-order chi connectivity index (χ0) is 15.6. The molecule has 0 bridgehead atoms. The van der Waals surface area contributed by atoms with Crippen molar-refractivity contribution in [1.82, 2.24) is 15.0 Å². The topological polar surface area (TPSA) is 68.0 Å². The molecule has 0 aliphatic heterocycles. The van der Waals surface area contributed by atoms with Crippen molar-refractivity contribution in [3.05, 3.63) is 46.8 Å². The van der Waals surface area contributed by atoms with Gasteiger partial charge in [-0.15, -0.1) is 5.10 Å². The van der Waals surface area contributed by atoms with Crippen molar-refractivity contribution in [3.8, 4) is 0 Å². The van der Waals surface area contributed by atoms with Crippen LogP contribution >= 0.6 is 0 Å². The van der Waals surface area contributed by atoms with Crippen LogP contribution in [0.25, 0.3) is 0 Å². The van der Waals surface area contributed by atoms with Crippen molar-refractivity contribution >= 4 is 5.97 Å². The van der Waals surface area contributed by atoms with Crippen molar-refractivity contribution in [3.63, 3.8) is 0 Å². The predicted octanol–water partition coefficient (Wildman–Crippen LogP) is 2.50. The summed E-state index contributed by atoms with van der Waals surface area (Å²) in [4.78, 5) is 11.1. The molecule has 7 heteroatoms. The van der Waals surface area contributed by atoms with E-state index in [0.717, 1.165) is 12.1 Å². The first-order chi connectivity index (χ1) is 9.88. The molecule has 0 aliphatic carbocycles. The molecule has 0 saturated heterocycles. The molecule has 0 saturated carbocycles. The number of hydrogen-bond donors (Lipinski definition) is 1. The number of carbonyl (C=O) groups is 1. The Hall–Kier alpha value is -2.31. The van der Waals surface area contributed by atoms with Crippen molar-refractivity contribution in [1.29, 1.82) is 0 Å². The maximum absolute atomic E-state index is 13.7. The molecule has 1 heterocycles. The summed E-state index contributed by atoms with van der Waals surface area (Å²) in [5, 5.41) is 16.5. The standard InChI is InChI=1S/C14H15F2N3O2/c1-8(2)5-12-13(14(20)21)17-18-19(12)7-9-3-4-10(15)6-11(9)16/h3-4,6,8H,5,7H2,1-2H3,(H,20,21). The minimum absolute atomic E-state index is 0.00838. The van der Waals surface area contributed by atoms with Gasteiger partial charge in [-0.3, -0.25) is 0 Å². The average molecular weight is 295 g/mol. The Morgan fingerprint density at radius 1 is 1.38 bits per heavy atom. The second-order valence-electron chi connectivity index (χ2n) is 5.18. The van der Waals surface area contributed by atoms with Crippen molar-refractivity contribution in [2.75, 3.05) is 0 Å². The van der Waals surface area contributed by atoms with Crippen LogP contribution in [0.15, 0.2) is 18.2 Å². The van der Waals surface area contributed by atoms with Crippen LogP contribution in [-0.2, 0) is 13.0 Å². The van der Waals surface area contributed by atoms with E-state index < -0.39 is 17.6 Å². The Bertz CT molecular complexity index is 668. The molecule has 0 unspecified atom stereocenters. The Morgan fingerprint density at radius 2 is 2.10 bits per heavy atom. The summed E-state index contributed by atoms with van der Waals surface area (Å²) < 4.78 is 27.9. The molecule has 5 nitrogen and oxygen atoms in total. The Balaban J connectivity index is 2.37. The van der Waals surface area contributed by atoms with Gasteiger partial charge in [0.05, 0.1) is 12.2 Å². The Labute approximate surface area is 120 Å². The van der Waals surface area contributed by atoms with Gasteiger partial charge in [0.1, 0.15) is 11.6 Å². The molecule has 1 aromatic heterocycles. The minimum atomic E-state index is -1.17. The molecule has 0 atom stereocenters. The van der Waals surface area contributed by atoms with Gasteiger partial charge in [-0.25, -0.2) is 18.3 Å². The highest BCUT2D eigenvalue weighted by molar-refractivity contribution is 5.86. The molecule has 21 heavy (non-hydrogen) atoms. The molecule has 0 radical (unpaired) electrons. The van der Waals surface area contributed by atoms with Gasteiger partial charge in [0, 0.05) is 11.6 Å². The summed E-state index contributed by atoms with van der Waals surface area (Å²) in [6.07, 6.45) is 0.456. The zero-order valence-electron chi connectivity index (χ0n) is 11.7.